The molecular formula is C9H6F2N2O3. The van der Waals surface area contributed by atoms with Gasteiger partial charge in [0, 0.05) is 11.8 Å². The smallest absolute Gasteiger partial charge is 0.387 e. The lowest BCUT2D eigenvalue weighted by Gasteiger charge is -2.09. The van der Waals surface area contributed by atoms with Gasteiger partial charge in [-0.15, -0.1) is 0 Å². The van der Waals surface area contributed by atoms with Crippen molar-refractivity contribution >= 4 is 11.7 Å². The first-order valence-corrected chi connectivity index (χ1v) is 3.97. The predicted molar refractivity (Wildman–Crippen MR) is 49.2 cm³/mol. The summed E-state index contributed by atoms with van der Waals surface area (Å²) in [6.07, 6.45) is 0. The number of hydrogen-bond donors (Lipinski definition) is 2. The number of ether oxygens (including phenoxy) is 1. The molecule has 16 heavy (non-hydrogen) atoms. The highest BCUT2D eigenvalue weighted by Gasteiger charge is 2.18. The van der Waals surface area contributed by atoms with Gasteiger partial charge in [0.1, 0.15) is 17.4 Å². The summed E-state index contributed by atoms with van der Waals surface area (Å²) in [5.41, 5.74) is 4.26. The van der Waals surface area contributed by atoms with Crippen LogP contribution in [0.15, 0.2) is 12.1 Å². The van der Waals surface area contributed by atoms with E-state index in [0.29, 0.717) is 0 Å². The van der Waals surface area contributed by atoms with Crippen molar-refractivity contribution in [2.24, 2.45) is 0 Å². The molecule has 0 aromatic heterocycles. The maximum absolute atomic E-state index is 12.0. The topological polar surface area (TPSA) is 96.3 Å². The third-order valence-corrected chi connectivity index (χ3v) is 1.68. The molecule has 0 aliphatic carbocycles. The predicted octanol–water partition coefficient (Wildman–Crippen LogP) is 1.44. The average Bonchev–Trinajstić information content (AvgIpc) is 2.15. The number of halogens is 2. The highest BCUT2D eigenvalue weighted by atomic mass is 19.3. The maximum atomic E-state index is 12.0. The van der Waals surface area contributed by atoms with Crippen molar-refractivity contribution < 1.29 is 23.4 Å². The van der Waals surface area contributed by atoms with Gasteiger partial charge in [-0.05, 0) is 6.07 Å². The van der Waals surface area contributed by atoms with Crippen molar-refractivity contribution in [3.05, 3.63) is 23.3 Å². The molecule has 0 amide bonds. The highest BCUT2D eigenvalue weighted by molar-refractivity contribution is 5.93. The van der Waals surface area contributed by atoms with Crippen LogP contribution in [-0.4, -0.2) is 17.7 Å². The molecule has 84 valence electrons. The van der Waals surface area contributed by atoms with Crippen molar-refractivity contribution in [3.63, 3.8) is 0 Å². The zero-order valence-electron chi connectivity index (χ0n) is 7.78. The lowest BCUT2D eigenvalue weighted by molar-refractivity contribution is -0.0500. The summed E-state index contributed by atoms with van der Waals surface area (Å²) >= 11 is 0. The van der Waals surface area contributed by atoms with Crippen LogP contribution in [0.3, 0.4) is 0 Å². The van der Waals surface area contributed by atoms with Gasteiger partial charge in [0.2, 0.25) is 0 Å². The normalized spacial score (nSPS) is 9.88. The Balaban J connectivity index is 3.37. The fourth-order valence-electron chi connectivity index (χ4n) is 1.11. The van der Waals surface area contributed by atoms with E-state index in [2.05, 4.69) is 4.74 Å². The van der Waals surface area contributed by atoms with E-state index in [4.69, 9.17) is 16.1 Å². The first kappa shape index (κ1) is 11.7. The number of anilines is 1. The SMILES string of the molecule is N#Cc1c(OC(F)F)cc(N)cc1C(=O)O. The van der Waals surface area contributed by atoms with Gasteiger partial charge in [0.15, 0.2) is 0 Å². The van der Waals surface area contributed by atoms with Crippen molar-refractivity contribution in [2.45, 2.75) is 6.61 Å². The molecule has 0 saturated carbocycles. The van der Waals surface area contributed by atoms with Gasteiger partial charge in [-0.25, -0.2) is 4.79 Å². The third kappa shape index (κ3) is 2.36. The minimum Gasteiger partial charge on any atom is -0.478 e. The largest absolute Gasteiger partial charge is 0.478 e. The third-order valence-electron chi connectivity index (χ3n) is 1.68. The van der Waals surface area contributed by atoms with Gasteiger partial charge in [-0.2, -0.15) is 14.0 Å². The Kier molecular flexibility index (Phi) is 3.25. The molecular weight excluding hydrogens is 222 g/mol. The maximum Gasteiger partial charge on any atom is 0.387 e. The lowest BCUT2D eigenvalue weighted by atomic mass is 10.1. The molecule has 1 aromatic carbocycles. The van der Waals surface area contributed by atoms with Crippen molar-refractivity contribution in [2.75, 3.05) is 5.73 Å². The monoisotopic (exact) mass is 228 g/mol. The van der Waals surface area contributed by atoms with Crippen molar-refractivity contribution in [3.8, 4) is 11.8 Å². The van der Waals surface area contributed by atoms with Crippen LogP contribution >= 0.6 is 0 Å². The molecule has 0 spiro atoms. The second kappa shape index (κ2) is 4.44. The van der Waals surface area contributed by atoms with E-state index >= 15 is 0 Å². The van der Waals surface area contributed by atoms with Crippen LogP contribution in [0.4, 0.5) is 14.5 Å². The molecule has 0 fully saturated rings. The van der Waals surface area contributed by atoms with Crippen LogP contribution in [0.1, 0.15) is 15.9 Å². The van der Waals surface area contributed by atoms with Gasteiger partial charge >= 0.3 is 12.6 Å². The molecule has 0 radical (unpaired) electrons. The van der Waals surface area contributed by atoms with Crippen LogP contribution < -0.4 is 10.5 Å². The molecule has 0 heterocycles. The Morgan fingerprint density at radius 3 is 2.62 bits per heavy atom. The molecule has 0 atom stereocenters. The number of hydrogen-bond acceptors (Lipinski definition) is 4. The molecule has 0 aliphatic rings. The van der Waals surface area contributed by atoms with Crippen LogP contribution in [-0.2, 0) is 0 Å². The Hall–Kier alpha value is -2.36. The van der Waals surface area contributed by atoms with Crippen molar-refractivity contribution in [1.29, 1.82) is 5.26 Å². The standard InChI is InChI=1S/C9H6F2N2O3/c10-9(11)16-7-2-4(13)1-5(8(14)15)6(7)3-12/h1-2,9H,13H2,(H,14,15). The van der Waals surface area contributed by atoms with Crippen molar-refractivity contribution in [1.82, 2.24) is 0 Å². The van der Waals surface area contributed by atoms with E-state index in [1.54, 1.807) is 0 Å². The number of alkyl halides is 2. The summed E-state index contributed by atoms with van der Waals surface area (Å²) in [5, 5.41) is 17.4. The molecule has 3 N–H and O–H groups in total. The summed E-state index contributed by atoms with van der Waals surface area (Å²) in [6.45, 7) is -3.16. The second-order valence-corrected chi connectivity index (χ2v) is 2.74. The quantitative estimate of drug-likeness (QED) is 0.763. The highest BCUT2D eigenvalue weighted by Crippen LogP contribution is 2.27. The summed E-state index contributed by atoms with van der Waals surface area (Å²) in [4.78, 5) is 10.7. The summed E-state index contributed by atoms with van der Waals surface area (Å²) in [5.74, 6) is -1.99. The number of nitriles is 1. The van der Waals surface area contributed by atoms with Crippen LogP contribution in [0.2, 0.25) is 0 Å². The molecule has 5 nitrogen and oxygen atoms in total. The number of carbonyl (C=O) groups is 1. The second-order valence-electron chi connectivity index (χ2n) is 2.74. The first-order valence-electron chi connectivity index (χ1n) is 3.97. The minimum absolute atomic E-state index is 0.0768. The minimum atomic E-state index is -3.16. The zero-order valence-corrected chi connectivity index (χ0v) is 7.78. The Morgan fingerprint density at radius 1 is 1.56 bits per heavy atom. The number of carboxylic acids is 1. The van der Waals surface area contributed by atoms with Crippen LogP contribution in [0, 0.1) is 11.3 Å². The van der Waals surface area contributed by atoms with E-state index in [1.807, 2.05) is 0 Å². The van der Waals surface area contributed by atoms with Gasteiger partial charge in [0.05, 0.1) is 5.56 Å². The van der Waals surface area contributed by atoms with Crippen LogP contribution in [0.5, 0.6) is 5.75 Å². The average molecular weight is 228 g/mol. The summed E-state index contributed by atoms with van der Waals surface area (Å²) < 4.78 is 28.0. The van der Waals surface area contributed by atoms with Gasteiger partial charge in [-0.1, -0.05) is 0 Å². The van der Waals surface area contributed by atoms with Crippen LogP contribution in [0.25, 0.3) is 0 Å². The van der Waals surface area contributed by atoms with E-state index in [0.717, 1.165) is 12.1 Å². The molecule has 0 unspecified atom stereocenters. The fourth-order valence-corrected chi connectivity index (χ4v) is 1.11. The Labute approximate surface area is 88.7 Å². The number of nitrogens with two attached hydrogens (primary N) is 1. The molecule has 7 heteroatoms. The van der Waals surface area contributed by atoms with E-state index in [1.165, 1.54) is 6.07 Å². The molecule has 1 rings (SSSR count). The first-order chi connectivity index (χ1) is 7.45. The lowest BCUT2D eigenvalue weighted by Crippen LogP contribution is -2.08. The Morgan fingerprint density at radius 2 is 2.19 bits per heavy atom. The van der Waals surface area contributed by atoms with E-state index < -0.39 is 29.5 Å². The van der Waals surface area contributed by atoms with E-state index in [-0.39, 0.29) is 5.69 Å². The van der Waals surface area contributed by atoms with E-state index in [9.17, 15) is 13.6 Å². The Bertz CT molecular complexity index is 469. The summed E-state index contributed by atoms with van der Waals surface area (Å²) in [7, 11) is 0. The number of nitrogens with zero attached hydrogens (tertiary/aromatic N) is 1. The molecule has 1 aromatic rings. The molecule has 0 bridgehead atoms. The number of rotatable bonds is 3. The zero-order chi connectivity index (χ0) is 12.3. The number of nitrogen functional groups attached to an aromatic ring is 1. The fraction of sp³-hybridized carbons (Fsp3) is 0.111. The van der Waals surface area contributed by atoms with Gasteiger partial charge in [0.25, 0.3) is 0 Å². The number of benzene rings is 1. The molecule has 0 aliphatic heterocycles. The number of aromatic carboxylic acids is 1. The van der Waals surface area contributed by atoms with Gasteiger partial charge < -0.3 is 15.6 Å². The molecule has 0 saturated heterocycles. The van der Waals surface area contributed by atoms with Gasteiger partial charge in [-0.3, -0.25) is 0 Å². The number of carboxylic acid groups (broad SMARTS) is 1. The summed E-state index contributed by atoms with van der Waals surface area (Å²) in [6, 6.07) is 3.45.